The average molecular weight is 401 g/mol. The van der Waals surface area contributed by atoms with Crippen molar-refractivity contribution in [3.05, 3.63) is 23.8 Å². The zero-order valence-electron chi connectivity index (χ0n) is 17.3. The van der Waals surface area contributed by atoms with Gasteiger partial charge in [-0.3, -0.25) is 19.7 Å². The molecule has 1 aromatic carbocycles. The van der Waals surface area contributed by atoms with Crippen molar-refractivity contribution in [2.24, 2.45) is 7.05 Å². The van der Waals surface area contributed by atoms with Crippen LogP contribution in [0, 0.1) is 0 Å². The highest BCUT2D eigenvalue weighted by Crippen LogP contribution is 2.28. The number of urea groups is 1. The Hall–Kier alpha value is -2.41. The van der Waals surface area contributed by atoms with E-state index in [4.69, 9.17) is 5.11 Å². The highest BCUT2D eigenvalue weighted by molar-refractivity contribution is 6.08. The van der Waals surface area contributed by atoms with Crippen LogP contribution in [0.25, 0.3) is 10.9 Å². The maximum atomic E-state index is 12.2. The molecule has 158 valence electrons. The third kappa shape index (κ3) is 5.56. The molecule has 0 spiro atoms. The van der Waals surface area contributed by atoms with Crippen LogP contribution in [0.4, 0.5) is 10.6 Å². The Labute approximate surface area is 172 Å². The number of rotatable bonds is 11. The van der Waals surface area contributed by atoms with E-state index in [2.05, 4.69) is 22.5 Å². The van der Waals surface area contributed by atoms with Crippen LogP contribution in [0.15, 0.2) is 18.2 Å². The van der Waals surface area contributed by atoms with Crippen LogP contribution >= 0.6 is 0 Å². The summed E-state index contributed by atoms with van der Waals surface area (Å²) in [7, 11) is 1.89. The molecule has 1 aliphatic rings. The summed E-state index contributed by atoms with van der Waals surface area (Å²) >= 11 is 0. The number of imide groups is 1. The molecule has 0 aliphatic carbocycles. The summed E-state index contributed by atoms with van der Waals surface area (Å²) < 4.78 is 1.81. The lowest BCUT2D eigenvalue weighted by atomic mass is 10.0. The van der Waals surface area contributed by atoms with Crippen molar-refractivity contribution in [3.8, 4) is 0 Å². The number of aliphatic hydroxyl groups is 1. The predicted octanol–water partition coefficient (Wildman–Crippen LogP) is 3.68. The number of nitrogens with one attached hydrogen (secondary N) is 1. The number of aryl methyl sites for hydroxylation is 2. The standard InChI is InChI=1S/C22H32N4O3/c1-25-19-16-17(10-8-6-4-2-3-5-7-9-15-27)11-12-18(19)21(24-25)26-14-13-20(28)23-22(26)29/h11-12,16,27H,2-10,13-15H2,1H3,(H,23,28,29). The summed E-state index contributed by atoms with van der Waals surface area (Å²) in [4.78, 5) is 25.1. The minimum Gasteiger partial charge on any atom is -0.396 e. The summed E-state index contributed by atoms with van der Waals surface area (Å²) in [6.07, 6.45) is 10.8. The van der Waals surface area contributed by atoms with Crippen LogP contribution in [0.2, 0.25) is 0 Å². The van der Waals surface area contributed by atoms with Crippen LogP contribution in [-0.4, -0.2) is 40.0 Å². The maximum absolute atomic E-state index is 12.2. The second-order valence-electron chi connectivity index (χ2n) is 7.86. The lowest BCUT2D eigenvalue weighted by molar-refractivity contribution is -0.120. The molecule has 0 bridgehead atoms. The van der Waals surface area contributed by atoms with Crippen molar-refractivity contribution in [1.82, 2.24) is 15.1 Å². The first-order valence-electron chi connectivity index (χ1n) is 10.8. The van der Waals surface area contributed by atoms with Gasteiger partial charge in [-0.25, -0.2) is 4.79 Å². The van der Waals surface area contributed by atoms with E-state index in [9.17, 15) is 9.59 Å². The second-order valence-corrected chi connectivity index (χ2v) is 7.86. The quantitative estimate of drug-likeness (QED) is 0.563. The molecule has 3 amide bonds. The molecule has 1 saturated heterocycles. The van der Waals surface area contributed by atoms with Crippen molar-refractivity contribution in [1.29, 1.82) is 0 Å². The maximum Gasteiger partial charge on any atom is 0.329 e. The van der Waals surface area contributed by atoms with E-state index in [1.54, 1.807) is 4.90 Å². The van der Waals surface area contributed by atoms with Crippen LogP contribution in [0.3, 0.4) is 0 Å². The van der Waals surface area contributed by atoms with Gasteiger partial charge in [0.25, 0.3) is 0 Å². The third-order valence-electron chi connectivity index (χ3n) is 5.58. The normalized spacial score (nSPS) is 14.6. The van der Waals surface area contributed by atoms with E-state index in [-0.39, 0.29) is 5.91 Å². The van der Waals surface area contributed by atoms with Gasteiger partial charge >= 0.3 is 6.03 Å². The van der Waals surface area contributed by atoms with Gasteiger partial charge in [0.2, 0.25) is 5.91 Å². The fourth-order valence-electron chi connectivity index (χ4n) is 3.91. The largest absolute Gasteiger partial charge is 0.396 e. The van der Waals surface area contributed by atoms with E-state index in [0.717, 1.165) is 30.2 Å². The molecule has 7 heteroatoms. The monoisotopic (exact) mass is 400 g/mol. The number of aromatic nitrogens is 2. The Morgan fingerprint density at radius 2 is 1.72 bits per heavy atom. The lowest BCUT2D eigenvalue weighted by Gasteiger charge is -2.24. The number of nitrogens with zero attached hydrogens (tertiary/aromatic N) is 3. The zero-order chi connectivity index (χ0) is 20.6. The Morgan fingerprint density at radius 1 is 1.03 bits per heavy atom. The highest BCUT2D eigenvalue weighted by Gasteiger charge is 2.27. The molecule has 1 aromatic heterocycles. The Kier molecular flexibility index (Phi) is 7.63. The molecule has 2 heterocycles. The third-order valence-corrected chi connectivity index (χ3v) is 5.58. The predicted molar refractivity (Wildman–Crippen MR) is 114 cm³/mol. The van der Waals surface area contributed by atoms with Gasteiger partial charge in [-0.15, -0.1) is 0 Å². The molecule has 1 aliphatic heterocycles. The van der Waals surface area contributed by atoms with Crippen molar-refractivity contribution >= 4 is 28.7 Å². The molecule has 1 fully saturated rings. The molecular formula is C22H32N4O3. The molecule has 7 nitrogen and oxygen atoms in total. The number of hydrogen-bond donors (Lipinski definition) is 2. The summed E-state index contributed by atoms with van der Waals surface area (Å²) in [5.74, 6) is 0.374. The molecule has 3 rings (SSSR count). The minimum absolute atomic E-state index is 0.237. The number of carbonyl (C=O) groups is 2. The number of benzene rings is 1. The second kappa shape index (κ2) is 10.4. The zero-order valence-corrected chi connectivity index (χ0v) is 17.3. The van der Waals surface area contributed by atoms with Gasteiger partial charge in [0.15, 0.2) is 5.82 Å². The molecule has 0 saturated carbocycles. The molecule has 2 N–H and O–H groups in total. The van der Waals surface area contributed by atoms with E-state index in [1.807, 2.05) is 17.8 Å². The number of hydrogen-bond acceptors (Lipinski definition) is 4. The summed E-state index contributed by atoms with van der Waals surface area (Å²) in [5.41, 5.74) is 2.29. The molecule has 29 heavy (non-hydrogen) atoms. The van der Waals surface area contributed by atoms with Crippen molar-refractivity contribution in [2.75, 3.05) is 18.1 Å². The number of amides is 3. The van der Waals surface area contributed by atoms with Gasteiger partial charge in [0.05, 0.1) is 5.52 Å². The Bertz CT molecular complexity index is 846. The van der Waals surface area contributed by atoms with Gasteiger partial charge in [-0.1, -0.05) is 44.6 Å². The summed E-state index contributed by atoms with van der Waals surface area (Å²) in [6, 6.07) is 5.92. The van der Waals surface area contributed by atoms with Crippen molar-refractivity contribution < 1.29 is 14.7 Å². The molecule has 0 atom stereocenters. The van der Waals surface area contributed by atoms with Gasteiger partial charge in [-0.05, 0) is 37.0 Å². The van der Waals surface area contributed by atoms with E-state index < -0.39 is 6.03 Å². The smallest absolute Gasteiger partial charge is 0.329 e. The van der Waals surface area contributed by atoms with Gasteiger partial charge < -0.3 is 5.11 Å². The number of carbonyl (C=O) groups excluding carboxylic acids is 2. The van der Waals surface area contributed by atoms with E-state index in [0.29, 0.717) is 25.4 Å². The number of fused-ring (bicyclic) bond motifs is 1. The lowest BCUT2D eigenvalue weighted by Crippen LogP contribution is -2.49. The van der Waals surface area contributed by atoms with E-state index >= 15 is 0 Å². The van der Waals surface area contributed by atoms with Crippen LogP contribution < -0.4 is 10.2 Å². The van der Waals surface area contributed by atoms with Crippen LogP contribution in [0.5, 0.6) is 0 Å². The van der Waals surface area contributed by atoms with Crippen molar-refractivity contribution in [2.45, 2.75) is 64.2 Å². The fraction of sp³-hybridized carbons (Fsp3) is 0.591. The highest BCUT2D eigenvalue weighted by atomic mass is 16.3. The molecule has 0 radical (unpaired) electrons. The average Bonchev–Trinajstić information content (AvgIpc) is 3.03. The van der Waals surface area contributed by atoms with E-state index in [1.165, 1.54) is 44.1 Å². The topological polar surface area (TPSA) is 87.5 Å². The number of aliphatic hydroxyl groups excluding tert-OH is 1. The van der Waals surface area contributed by atoms with Gasteiger partial charge in [-0.2, -0.15) is 5.10 Å². The molecule has 0 unspecified atom stereocenters. The Balaban J connectivity index is 1.52. The molecule has 2 aromatic rings. The first-order valence-corrected chi connectivity index (χ1v) is 10.8. The SMILES string of the molecule is Cn1nc(N2CCC(=O)NC2=O)c2ccc(CCCCCCCCCCO)cc21. The van der Waals surface area contributed by atoms with Gasteiger partial charge in [0.1, 0.15) is 0 Å². The summed E-state index contributed by atoms with van der Waals surface area (Å²) in [6.45, 7) is 0.673. The van der Waals surface area contributed by atoms with Crippen molar-refractivity contribution in [3.63, 3.8) is 0 Å². The minimum atomic E-state index is -0.401. The summed E-state index contributed by atoms with van der Waals surface area (Å²) in [5, 5.41) is 16.6. The number of unbranched alkanes of at least 4 members (excludes halogenated alkanes) is 7. The molecular weight excluding hydrogens is 368 g/mol. The number of anilines is 1. The first-order chi connectivity index (χ1) is 14.1. The first kappa shape index (κ1) is 21.3. The van der Waals surface area contributed by atoms with Crippen LogP contribution in [0.1, 0.15) is 63.4 Å². The fourth-order valence-corrected chi connectivity index (χ4v) is 3.91. The van der Waals surface area contributed by atoms with Crippen LogP contribution in [-0.2, 0) is 18.3 Å². The Morgan fingerprint density at radius 3 is 2.41 bits per heavy atom. The van der Waals surface area contributed by atoms with Gasteiger partial charge in [0, 0.05) is 32.0 Å².